The predicted molar refractivity (Wildman–Crippen MR) is 77.1 cm³/mol. The molecule has 19 heavy (non-hydrogen) atoms. The molecule has 1 N–H and O–H groups in total. The summed E-state index contributed by atoms with van der Waals surface area (Å²) in [5, 5.41) is 12.0. The van der Waals surface area contributed by atoms with E-state index in [1.54, 1.807) is 0 Å². The van der Waals surface area contributed by atoms with Gasteiger partial charge in [0.25, 0.3) is 0 Å². The number of aromatic nitrogens is 2. The molecule has 3 rings (SSSR count). The van der Waals surface area contributed by atoms with Crippen LogP contribution < -0.4 is 10.2 Å². The van der Waals surface area contributed by atoms with Gasteiger partial charge >= 0.3 is 0 Å². The minimum atomic E-state index is 0.525. The number of nitrogens with one attached hydrogen (secondary N) is 1. The first-order valence-electron chi connectivity index (χ1n) is 6.67. The molecule has 1 aromatic carbocycles. The SMILES string of the molecule is CN(c1ccc(-c2ccccc2)nn1)C1CCNC1. The number of anilines is 1. The second-order valence-corrected chi connectivity index (χ2v) is 4.90. The quantitative estimate of drug-likeness (QED) is 0.909. The standard InChI is InChI=1S/C15H18N4/c1-19(13-9-10-16-11-13)15-8-7-14(17-18-15)12-5-3-2-4-6-12/h2-8,13,16H,9-11H2,1H3. The van der Waals surface area contributed by atoms with Crippen molar-refractivity contribution in [3.63, 3.8) is 0 Å². The zero-order chi connectivity index (χ0) is 13.1. The molecule has 98 valence electrons. The minimum absolute atomic E-state index is 0.525. The Labute approximate surface area is 113 Å². The summed E-state index contributed by atoms with van der Waals surface area (Å²) >= 11 is 0. The summed E-state index contributed by atoms with van der Waals surface area (Å²) < 4.78 is 0. The van der Waals surface area contributed by atoms with Gasteiger partial charge in [-0.2, -0.15) is 0 Å². The fourth-order valence-corrected chi connectivity index (χ4v) is 2.43. The Balaban J connectivity index is 1.79. The fraction of sp³-hybridized carbons (Fsp3) is 0.333. The van der Waals surface area contributed by atoms with Crippen molar-refractivity contribution in [1.82, 2.24) is 15.5 Å². The highest BCUT2D eigenvalue weighted by atomic mass is 15.3. The van der Waals surface area contributed by atoms with Gasteiger partial charge in [0.15, 0.2) is 5.82 Å². The van der Waals surface area contributed by atoms with Crippen LogP contribution in [-0.4, -0.2) is 36.4 Å². The smallest absolute Gasteiger partial charge is 0.151 e. The lowest BCUT2D eigenvalue weighted by Gasteiger charge is -2.24. The van der Waals surface area contributed by atoms with Gasteiger partial charge in [-0.3, -0.25) is 0 Å². The Morgan fingerprint density at radius 3 is 2.58 bits per heavy atom. The first-order valence-corrected chi connectivity index (χ1v) is 6.67. The van der Waals surface area contributed by atoms with E-state index in [1.165, 1.54) is 6.42 Å². The second kappa shape index (κ2) is 5.36. The van der Waals surface area contributed by atoms with Gasteiger partial charge in [-0.25, -0.2) is 0 Å². The molecule has 1 aromatic heterocycles. The first kappa shape index (κ1) is 12.1. The molecule has 2 heterocycles. The van der Waals surface area contributed by atoms with Crippen LogP contribution in [-0.2, 0) is 0 Å². The second-order valence-electron chi connectivity index (χ2n) is 4.90. The van der Waals surface area contributed by atoms with Crippen LogP contribution in [0.3, 0.4) is 0 Å². The Hall–Kier alpha value is -1.94. The molecule has 0 saturated carbocycles. The molecule has 4 nitrogen and oxygen atoms in total. The lowest BCUT2D eigenvalue weighted by molar-refractivity contribution is 0.673. The Bertz CT molecular complexity index is 518. The first-order chi connectivity index (χ1) is 9.34. The molecule has 1 saturated heterocycles. The third-order valence-corrected chi connectivity index (χ3v) is 3.66. The van der Waals surface area contributed by atoms with E-state index in [2.05, 4.69) is 27.5 Å². The zero-order valence-corrected chi connectivity index (χ0v) is 11.1. The molecule has 1 fully saturated rings. The average molecular weight is 254 g/mol. The van der Waals surface area contributed by atoms with Crippen LogP contribution in [0.4, 0.5) is 5.82 Å². The van der Waals surface area contributed by atoms with Crippen molar-refractivity contribution in [3.8, 4) is 11.3 Å². The largest absolute Gasteiger partial charge is 0.354 e. The Morgan fingerprint density at radius 2 is 1.95 bits per heavy atom. The highest BCUT2D eigenvalue weighted by Gasteiger charge is 2.20. The maximum atomic E-state index is 4.35. The van der Waals surface area contributed by atoms with E-state index in [4.69, 9.17) is 0 Å². The highest BCUT2D eigenvalue weighted by molar-refractivity contribution is 5.59. The molecule has 0 aliphatic carbocycles. The topological polar surface area (TPSA) is 41.1 Å². The van der Waals surface area contributed by atoms with Gasteiger partial charge in [0.1, 0.15) is 0 Å². The Kier molecular flexibility index (Phi) is 3.42. The van der Waals surface area contributed by atoms with Crippen LogP contribution >= 0.6 is 0 Å². The van der Waals surface area contributed by atoms with Crippen molar-refractivity contribution in [2.75, 3.05) is 25.0 Å². The number of hydrogen-bond acceptors (Lipinski definition) is 4. The van der Waals surface area contributed by atoms with Crippen molar-refractivity contribution in [2.24, 2.45) is 0 Å². The summed E-state index contributed by atoms with van der Waals surface area (Å²) in [6, 6.07) is 14.7. The van der Waals surface area contributed by atoms with Crippen LogP contribution in [0.25, 0.3) is 11.3 Å². The normalized spacial score (nSPS) is 18.5. The monoisotopic (exact) mass is 254 g/mol. The van der Waals surface area contributed by atoms with Crippen molar-refractivity contribution in [1.29, 1.82) is 0 Å². The zero-order valence-electron chi connectivity index (χ0n) is 11.1. The number of benzene rings is 1. The number of likely N-dealkylation sites (N-methyl/N-ethyl adjacent to an activating group) is 1. The summed E-state index contributed by atoms with van der Waals surface area (Å²) in [7, 11) is 2.09. The highest BCUT2D eigenvalue weighted by Crippen LogP contribution is 2.19. The van der Waals surface area contributed by atoms with Crippen molar-refractivity contribution in [2.45, 2.75) is 12.5 Å². The number of nitrogens with zero attached hydrogens (tertiary/aromatic N) is 3. The van der Waals surface area contributed by atoms with E-state index in [-0.39, 0.29) is 0 Å². The van der Waals surface area contributed by atoms with E-state index in [0.717, 1.165) is 30.2 Å². The third kappa shape index (κ3) is 2.58. The summed E-state index contributed by atoms with van der Waals surface area (Å²) in [6.07, 6.45) is 1.17. The fourth-order valence-electron chi connectivity index (χ4n) is 2.43. The average Bonchev–Trinajstić information content (AvgIpc) is 3.02. The third-order valence-electron chi connectivity index (χ3n) is 3.66. The maximum absolute atomic E-state index is 4.35. The Morgan fingerprint density at radius 1 is 1.11 bits per heavy atom. The van der Waals surface area contributed by atoms with Crippen molar-refractivity contribution >= 4 is 5.82 Å². The molecule has 0 spiro atoms. The van der Waals surface area contributed by atoms with Gasteiger partial charge < -0.3 is 10.2 Å². The van der Waals surface area contributed by atoms with Gasteiger partial charge in [0, 0.05) is 25.2 Å². The summed E-state index contributed by atoms with van der Waals surface area (Å²) in [6.45, 7) is 2.11. The molecular weight excluding hydrogens is 236 g/mol. The molecule has 0 radical (unpaired) electrons. The minimum Gasteiger partial charge on any atom is -0.354 e. The molecule has 2 aromatic rings. The molecule has 4 heteroatoms. The van der Waals surface area contributed by atoms with Gasteiger partial charge in [0.2, 0.25) is 0 Å². The molecule has 0 amide bonds. The number of rotatable bonds is 3. The predicted octanol–water partition coefficient (Wildman–Crippen LogP) is 1.94. The lowest BCUT2D eigenvalue weighted by Crippen LogP contribution is -2.34. The van der Waals surface area contributed by atoms with Gasteiger partial charge in [-0.15, -0.1) is 10.2 Å². The summed E-state index contributed by atoms with van der Waals surface area (Å²) in [4.78, 5) is 2.21. The van der Waals surface area contributed by atoms with E-state index in [1.807, 2.05) is 42.5 Å². The van der Waals surface area contributed by atoms with Crippen LogP contribution in [0.15, 0.2) is 42.5 Å². The van der Waals surface area contributed by atoms with Crippen LogP contribution in [0, 0.1) is 0 Å². The molecule has 1 atom stereocenters. The van der Waals surface area contributed by atoms with Crippen molar-refractivity contribution < 1.29 is 0 Å². The molecule has 0 bridgehead atoms. The van der Waals surface area contributed by atoms with Gasteiger partial charge in [-0.1, -0.05) is 30.3 Å². The van der Waals surface area contributed by atoms with Crippen LogP contribution in [0.1, 0.15) is 6.42 Å². The van der Waals surface area contributed by atoms with E-state index < -0.39 is 0 Å². The van der Waals surface area contributed by atoms with Crippen molar-refractivity contribution in [3.05, 3.63) is 42.5 Å². The molecule has 1 aliphatic heterocycles. The molecular formula is C15H18N4. The van der Waals surface area contributed by atoms with E-state index in [0.29, 0.717) is 6.04 Å². The van der Waals surface area contributed by atoms with Crippen LogP contribution in [0.5, 0.6) is 0 Å². The number of hydrogen-bond donors (Lipinski definition) is 1. The summed E-state index contributed by atoms with van der Waals surface area (Å²) in [5.41, 5.74) is 2.02. The van der Waals surface area contributed by atoms with E-state index in [9.17, 15) is 0 Å². The van der Waals surface area contributed by atoms with E-state index >= 15 is 0 Å². The van der Waals surface area contributed by atoms with Gasteiger partial charge in [-0.05, 0) is 25.1 Å². The maximum Gasteiger partial charge on any atom is 0.151 e. The summed E-state index contributed by atoms with van der Waals surface area (Å²) in [5.74, 6) is 0.938. The van der Waals surface area contributed by atoms with Crippen LogP contribution in [0.2, 0.25) is 0 Å². The molecule has 1 aliphatic rings. The lowest BCUT2D eigenvalue weighted by atomic mass is 10.1. The molecule has 1 unspecified atom stereocenters. The van der Waals surface area contributed by atoms with Gasteiger partial charge in [0.05, 0.1) is 5.69 Å².